The largest absolute Gasteiger partial charge is 0.480 e. The van der Waals surface area contributed by atoms with Gasteiger partial charge in [0.05, 0.1) is 18.7 Å². The number of aliphatic carboxylic acids is 1. The molecule has 2 aliphatic rings. The van der Waals surface area contributed by atoms with Crippen molar-refractivity contribution in [2.24, 2.45) is 5.92 Å². The number of nitrogens with zero attached hydrogens (tertiary/aromatic N) is 1. The fourth-order valence-corrected chi connectivity index (χ4v) is 4.71. The van der Waals surface area contributed by atoms with Gasteiger partial charge in [-0.3, -0.25) is 24.0 Å². The Kier molecular flexibility index (Phi) is 12.1. The van der Waals surface area contributed by atoms with Crippen molar-refractivity contribution in [1.82, 2.24) is 31.5 Å². The van der Waals surface area contributed by atoms with Crippen LogP contribution >= 0.6 is 0 Å². The molecule has 2 saturated heterocycles. The number of carbonyl (C=O) groups excluding carboxylic acids is 5. The van der Waals surface area contributed by atoms with Crippen LogP contribution in [0.15, 0.2) is 0 Å². The zero-order chi connectivity index (χ0) is 29.3. The molecule has 0 aromatic rings. The number of aliphatic hydroxyl groups excluding tert-OH is 1. The number of hydrogen-bond donors (Lipinski definition) is 7. The van der Waals surface area contributed by atoms with Crippen LogP contribution in [0.3, 0.4) is 0 Å². The van der Waals surface area contributed by atoms with Crippen LogP contribution in [0.1, 0.15) is 59.8 Å². The number of rotatable bonds is 13. The van der Waals surface area contributed by atoms with Gasteiger partial charge in [-0.2, -0.15) is 0 Å². The van der Waals surface area contributed by atoms with Crippen LogP contribution in [0.25, 0.3) is 0 Å². The topological polar surface area (TPSA) is 206 Å². The average Bonchev–Trinajstić information content (AvgIpc) is 3.57. The summed E-state index contributed by atoms with van der Waals surface area (Å²) in [5.41, 5.74) is 0. The first-order valence-corrected chi connectivity index (χ1v) is 13.4. The minimum atomic E-state index is -1.44. The second-order valence-corrected chi connectivity index (χ2v) is 10.6. The molecule has 5 amide bonds. The van der Waals surface area contributed by atoms with E-state index in [1.165, 1.54) is 11.8 Å². The molecular weight excluding hydrogens is 512 g/mol. The molecule has 2 fully saturated rings. The molecule has 0 aliphatic carbocycles. The van der Waals surface area contributed by atoms with Gasteiger partial charge in [-0.05, 0) is 58.4 Å². The van der Waals surface area contributed by atoms with Gasteiger partial charge in [-0.1, -0.05) is 13.8 Å². The van der Waals surface area contributed by atoms with Gasteiger partial charge in [0, 0.05) is 6.54 Å². The average molecular weight is 555 g/mol. The third kappa shape index (κ3) is 9.46. The minimum absolute atomic E-state index is 0.0215. The molecule has 2 rings (SSSR count). The number of nitrogens with one attached hydrogen (secondary N) is 5. The van der Waals surface area contributed by atoms with Gasteiger partial charge in [0.15, 0.2) is 0 Å². The number of carboxylic acid groups (broad SMARTS) is 1. The van der Waals surface area contributed by atoms with Crippen molar-refractivity contribution >= 4 is 35.5 Å². The molecule has 220 valence electrons. The Morgan fingerprint density at radius 2 is 1.64 bits per heavy atom. The molecule has 0 spiro atoms. The first-order chi connectivity index (χ1) is 18.3. The lowest BCUT2D eigenvalue weighted by atomic mass is 10.0. The highest BCUT2D eigenvalue weighted by Crippen LogP contribution is 2.19. The monoisotopic (exact) mass is 554 g/mol. The lowest BCUT2D eigenvalue weighted by Crippen LogP contribution is -2.58. The number of aliphatic hydroxyl groups is 1. The van der Waals surface area contributed by atoms with Crippen LogP contribution in [0.4, 0.5) is 0 Å². The van der Waals surface area contributed by atoms with E-state index >= 15 is 0 Å². The molecule has 2 heterocycles. The Hall–Kier alpha value is -3.26. The van der Waals surface area contributed by atoms with Gasteiger partial charge in [-0.25, -0.2) is 4.79 Å². The summed E-state index contributed by atoms with van der Waals surface area (Å²) in [5.74, 6) is -4.13. The molecule has 39 heavy (non-hydrogen) atoms. The maximum atomic E-state index is 13.0. The summed E-state index contributed by atoms with van der Waals surface area (Å²) in [4.78, 5) is 76.0. The lowest BCUT2D eigenvalue weighted by Gasteiger charge is -2.28. The molecule has 0 bridgehead atoms. The molecule has 7 N–H and O–H groups in total. The summed E-state index contributed by atoms with van der Waals surface area (Å²) >= 11 is 0. The smallest absolute Gasteiger partial charge is 0.326 e. The second-order valence-electron chi connectivity index (χ2n) is 10.6. The molecule has 0 aromatic carbocycles. The van der Waals surface area contributed by atoms with Crippen LogP contribution in [-0.4, -0.2) is 107 Å². The molecular formula is C25H42N6O8. The van der Waals surface area contributed by atoms with Crippen LogP contribution in [0, 0.1) is 5.92 Å². The molecule has 0 radical (unpaired) electrons. The number of amides is 5. The Morgan fingerprint density at radius 3 is 2.21 bits per heavy atom. The van der Waals surface area contributed by atoms with Crippen molar-refractivity contribution in [2.45, 2.75) is 96.1 Å². The Balaban J connectivity index is 1.89. The fraction of sp³-hybridized carbons (Fsp3) is 0.760. The molecule has 0 unspecified atom stereocenters. The molecule has 6 atom stereocenters. The first-order valence-electron chi connectivity index (χ1n) is 13.4. The lowest BCUT2D eigenvalue weighted by molar-refractivity contribution is -0.143. The van der Waals surface area contributed by atoms with Crippen LogP contribution < -0.4 is 26.6 Å². The predicted molar refractivity (Wildman–Crippen MR) is 139 cm³/mol. The molecule has 14 heteroatoms. The minimum Gasteiger partial charge on any atom is -0.480 e. The summed E-state index contributed by atoms with van der Waals surface area (Å²) in [6, 6.07) is -4.62. The highest BCUT2D eigenvalue weighted by molar-refractivity contribution is 5.95. The maximum Gasteiger partial charge on any atom is 0.326 e. The number of likely N-dealkylation sites (tertiary alicyclic amines) is 1. The normalized spacial score (nSPS) is 21.9. The zero-order valence-electron chi connectivity index (χ0n) is 23.0. The Bertz CT molecular complexity index is 920. The van der Waals surface area contributed by atoms with Crippen molar-refractivity contribution in [3.8, 4) is 0 Å². The van der Waals surface area contributed by atoms with Gasteiger partial charge >= 0.3 is 5.97 Å². The highest BCUT2D eigenvalue weighted by Gasteiger charge is 2.37. The fourth-order valence-electron chi connectivity index (χ4n) is 4.71. The van der Waals surface area contributed by atoms with Gasteiger partial charge < -0.3 is 41.7 Å². The van der Waals surface area contributed by atoms with E-state index in [1.807, 2.05) is 0 Å². The molecule has 2 aliphatic heterocycles. The number of carbonyl (C=O) groups is 6. The van der Waals surface area contributed by atoms with Gasteiger partial charge in [-0.15, -0.1) is 0 Å². The van der Waals surface area contributed by atoms with Crippen molar-refractivity contribution < 1.29 is 39.0 Å². The SMILES string of the molecule is CC(C)C[C@H](NC(=O)[C@@H](NC(=O)CNC(=O)[C@@H]1CCCN1C(=O)[C@H](C)NC(=O)[C@@H]1CCCN1)[C@@H](C)O)C(=O)O. The van der Waals surface area contributed by atoms with Gasteiger partial charge in [0.25, 0.3) is 0 Å². The predicted octanol–water partition coefficient (Wildman–Crippen LogP) is -2.17. The van der Waals surface area contributed by atoms with Crippen LogP contribution in [-0.2, 0) is 28.8 Å². The number of hydrogen-bond acceptors (Lipinski definition) is 8. The summed E-state index contributed by atoms with van der Waals surface area (Å²) < 4.78 is 0. The van der Waals surface area contributed by atoms with Crippen molar-refractivity contribution in [3.05, 3.63) is 0 Å². The van der Waals surface area contributed by atoms with Crippen LogP contribution in [0.5, 0.6) is 0 Å². The summed E-state index contributed by atoms with van der Waals surface area (Å²) in [6.07, 6.45) is 1.36. The van der Waals surface area contributed by atoms with E-state index < -0.39 is 66.4 Å². The van der Waals surface area contributed by atoms with Crippen LogP contribution in [0.2, 0.25) is 0 Å². The summed E-state index contributed by atoms with van der Waals surface area (Å²) in [6.45, 7) is 6.97. The molecule has 14 nitrogen and oxygen atoms in total. The van der Waals surface area contributed by atoms with E-state index in [4.69, 9.17) is 0 Å². The number of carboxylic acids is 1. The summed E-state index contributed by atoms with van der Waals surface area (Å²) in [7, 11) is 0. The van der Waals surface area contributed by atoms with Crippen molar-refractivity contribution in [1.29, 1.82) is 0 Å². The quantitative estimate of drug-likeness (QED) is 0.132. The second kappa shape index (κ2) is 14.8. The highest BCUT2D eigenvalue weighted by atomic mass is 16.4. The van der Waals surface area contributed by atoms with E-state index in [1.54, 1.807) is 20.8 Å². The van der Waals surface area contributed by atoms with E-state index in [2.05, 4.69) is 26.6 Å². The maximum absolute atomic E-state index is 13.0. The van der Waals surface area contributed by atoms with E-state index in [9.17, 15) is 39.0 Å². The molecule has 0 aromatic heterocycles. The third-order valence-electron chi connectivity index (χ3n) is 6.77. The Morgan fingerprint density at radius 1 is 0.949 bits per heavy atom. The molecule has 0 saturated carbocycles. The van der Waals surface area contributed by atoms with Crippen molar-refractivity contribution in [2.75, 3.05) is 19.6 Å². The van der Waals surface area contributed by atoms with Gasteiger partial charge in [0.2, 0.25) is 29.5 Å². The van der Waals surface area contributed by atoms with E-state index in [0.29, 0.717) is 25.8 Å². The zero-order valence-corrected chi connectivity index (χ0v) is 23.0. The first kappa shape index (κ1) is 32.0. The van der Waals surface area contributed by atoms with E-state index in [-0.39, 0.29) is 24.3 Å². The van der Waals surface area contributed by atoms with E-state index in [0.717, 1.165) is 13.0 Å². The van der Waals surface area contributed by atoms with Gasteiger partial charge in [0.1, 0.15) is 24.2 Å². The summed E-state index contributed by atoms with van der Waals surface area (Å²) in [5, 5.41) is 32.2. The Labute approximate surface area is 228 Å². The standard InChI is InChI=1S/C25H42N6O8/c1-13(2)11-17(25(38)39)29-23(36)20(15(4)32)30-19(33)12-27-22(35)18-8-6-10-31(18)24(37)14(3)28-21(34)16-7-5-9-26-16/h13-18,20,26,32H,5-12H2,1-4H3,(H,27,35)(H,28,34)(H,29,36)(H,30,33)(H,38,39)/t14-,15+,16-,17-,18-,20-/m0/s1. The van der Waals surface area contributed by atoms with Crippen molar-refractivity contribution in [3.63, 3.8) is 0 Å². The third-order valence-corrected chi connectivity index (χ3v) is 6.77.